The van der Waals surface area contributed by atoms with Crippen molar-refractivity contribution in [3.63, 3.8) is 0 Å². The molecule has 0 spiro atoms. The summed E-state index contributed by atoms with van der Waals surface area (Å²) in [7, 11) is 0. The second kappa shape index (κ2) is 4.11. The smallest absolute Gasteiger partial charge is 0.183 e. The van der Waals surface area contributed by atoms with Crippen LogP contribution < -0.4 is 5.32 Å². The second-order valence-electron chi connectivity index (χ2n) is 2.83. The molecular formula is C9H10ClN3S. The maximum absolute atomic E-state index is 5.70. The number of fused-ring (bicyclic) bond motifs is 1. The van der Waals surface area contributed by atoms with E-state index in [4.69, 9.17) is 11.6 Å². The Morgan fingerprint density at radius 1 is 1.57 bits per heavy atom. The molecule has 0 fully saturated rings. The van der Waals surface area contributed by atoms with Crippen molar-refractivity contribution in [3.05, 3.63) is 18.0 Å². The minimum atomic E-state index is 0.449. The van der Waals surface area contributed by atoms with Crippen LogP contribution in [0.15, 0.2) is 12.3 Å². The minimum Gasteiger partial charge on any atom is -0.362 e. The van der Waals surface area contributed by atoms with E-state index in [0.717, 1.165) is 27.6 Å². The first kappa shape index (κ1) is 9.68. The van der Waals surface area contributed by atoms with E-state index in [9.17, 15) is 0 Å². The average Bonchev–Trinajstić information content (AvgIpc) is 2.59. The van der Waals surface area contributed by atoms with Gasteiger partial charge in [-0.3, -0.25) is 4.98 Å². The molecule has 2 aromatic rings. The lowest BCUT2D eigenvalue weighted by Crippen LogP contribution is -1.94. The molecule has 2 rings (SSSR count). The molecule has 2 heterocycles. The maximum Gasteiger partial charge on any atom is 0.183 e. The van der Waals surface area contributed by atoms with Crippen LogP contribution in [-0.2, 0) is 5.88 Å². The third kappa shape index (κ3) is 1.81. The summed E-state index contributed by atoms with van der Waals surface area (Å²) < 4.78 is 1.13. The Bertz CT molecular complexity index is 441. The van der Waals surface area contributed by atoms with Crippen molar-refractivity contribution in [2.45, 2.75) is 12.8 Å². The number of hydrogen-bond donors (Lipinski definition) is 1. The van der Waals surface area contributed by atoms with Gasteiger partial charge in [-0.1, -0.05) is 11.3 Å². The highest BCUT2D eigenvalue weighted by molar-refractivity contribution is 7.22. The van der Waals surface area contributed by atoms with Gasteiger partial charge in [0.1, 0.15) is 5.52 Å². The number of pyridine rings is 1. The fourth-order valence-corrected chi connectivity index (χ4v) is 2.29. The number of aromatic nitrogens is 2. The molecule has 0 bridgehead atoms. The van der Waals surface area contributed by atoms with Gasteiger partial charge in [0.15, 0.2) is 5.13 Å². The Balaban J connectivity index is 2.43. The Hall–Kier alpha value is -0.870. The maximum atomic E-state index is 5.70. The summed E-state index contributed by atoms with van der Waals surface area (Å²) >= 11 is 7.33. The molecule has 0 atom stereocenters. The van der Waals surface area contributed by atoms with Crippen LogP contribution in [0.4, 0.5) is 5.13 Å². The Morgan fingerprint density at radius 2 is 2.43 bits per heavy atom. The molecule has 0 amide bonds. The number of halogens is 1. The molecule has 14 heavy (non-hydrogen) atoms. The average molecular weight is 228 g/mol. The number of anilines is 1. The molecule has 0 unspecified atom stereocenters. The number of alkyl halides is 1. The second-order valence-corrected chi connectivity index (χ2v) is 4.12. The summed E-state index contributed by atoms with van der Waals surface area (Å²) in [5.74, 6) is 0.449. The first-order valence-electron chi connectivity index (χ1n) is 4.38. The molecule has 1 N–H and O–H groups in total. The molecule has 0 radical (unpaired) electrons. The third-order valence-electron chi connectivity index (χ3n) is 1.80. The van der Waals surface area contributed by atoms with Gasteiger partial charge in [0, 0.05) is 6.54 Å². The van der Waals surface area contributed by atoms with Gasteiger partial charge in [-0.25, -0.2) is 4.98 Å². The van der Waals surface area contributed by atoms with Crippen molar-refractivity contribution in [2.24, 2.45) is 0 Å². The molecule has 5 heteroatoms. The lowest BCUT2D eigenvalue weighted by atomic mass is 10.4. The molecule has 2 aromatic heterocycles. The topological polar surface area (TPSA) is 37.8 Å². The highest BCUT2D eigenvalue weighted by atomic mass is 35.5. The van der Waals surface area contributed by atoms with Gasteiger partial charge in [-0.05, 0) is 13.0 Å². The number of nitrogens with zero attached hydrogens (tertiary/aromatic N) is 2. The number of rotatable bonds is 3. The van der Waals surface area contributed by atoms with Crippen LogP contribution >= 0.6 is 22.9 Å². The van der Waals surface area contributed by atoms with Crippen molar-refractivity contribution < 1.29 is 0 Å². The van der Waals surface area contributed by atoms with Gasteiger partial charge in [-0.2, -0.15) is 0 Å². The largest absolute Gasteiger partial charge is 0.362 e. The van der Waals surface area contributed by atoms with E-state index in [2.05, 4.69) is 22.2 Å². The SMILES string of the molecule is CCNc1nc2cnc(CCl)cc2s1. The zero-order valence-corrected chi connectivity index (χ0v) is 9.32. The lowest BCUT2D eigenvalue weighted by Gasteiger charge is -1.91. The molecule has 0 saturated carbocycles. The van der Waals surface area contributed by atoms with Crippen LogP contribution in [0.1, 0.15) is 12.6 Å². The van der Waals surface area contributed by atoms with Crippen LogP contribution in [0, 0.1) is 0 Å². The quantitative estimate of drug-likeness (QED) is 0.820. The fourth-order valence-electron chi connectivity index (χ4n) is 1.17. The van der Waals surface area contributed by atoms with Crippen molar-refractivity contribution >= 4 is 38.3 Å². The van der Waals surface area contributed by atoms with Crippen LogP contribution in [0.3, 0.4) is 0 Å². The van der Waals surface area contributed by atoms with E-state index < -0.39 is 0 Å². The Kier molecular flexibility index (Phi) is 2.84. The summed E-state index contributed by atoms with van der Waals surface area (Å²) in [6.45, 7) is 2.93. The van der Waals surface area contributed by atoms with E-state index >= 15 is 0 Å². The minimum absolute atomic E-state index is 0.449. The van der Waals surface area contributed by atoms with E-state index in [1.54, 1.807) is 17.5 Å². The van der Waals surface area contributed by atoms with Gasteiger partial charge >= 0.3 is 0 Å². The third-order valence-corrected chi connectivity index (χ3v) is 3.05. The summed E-state index contributed by atoms with van der Waals surface area (Å²) in [4.78, 5) is 8.56. The van der Waals surface area contributed by atoms with E-state index in [1.165, 1.54) is 0 Å². The summed E-state index contributed by atoms with van der Waals surface area (Å²) in [6.07, 6.45) is 1.77. The van der Waals surface area contributed by atoms with Gasteiger partial charge < -0.3 is 5.32 Å². The first-order chi connectivity index (χ1) is 6.83. The van der Waals surface area contributed by atoms with E-state index in [-0.39, 0.29) is 0 Å². The number of thiazole rings is 1. The zero-order chi connectivity index (χ0) is 9.97. The van der Waals surface area contributed by atoms with Gasteiger partial charge in [-0.15, -0.1) is 11.6 Å². The van der Waals surface area contributed by atoms with Crippen molar-refractivity contribution in [3.8, 4) is 0 Å². The van der Waals surface area contributed by atoms with Gasteiger partial charge in [0.2, 0.25) is 0 Å². The molecule has 0 aliphatic carbocycles. The normalized spacial score (nSPS) is 10.7. The summed E-state index contributed by atoms with van der Waals surface area (Å²) in [5, 5.41) is 4.12. The number of hydrogen-bond acceptors (Lipinski definition) is 4. The molecule has 0 aliphatic heterocycles. The predicted octanol–water partition coefficient (Wildman–Crippen LogP) is 2.86. The molecule has 0 aromatic carbocycles. The summed E-state index contributed by atoms with van der Waals surface area (Å²) in [6, 6.07) is 1.99. The van der Waals surface area contributed by atoms with Crippen LogP contribution in [0.2, 0.25) is 0 Å². The van der Waals surface area contributed by atoms with Crippen molar-refractivity contribution in [2.75, 3.05) is 11.9 Å². The lowest BCUT2D eigenvalue weighted by molar-refractivity contribution is 1.17. The summed E-state index contributed by atoms with van der Waals surface area (Å²) in [5.41, 5.74) is 1.82. The van der Waals surface area contributed by atoms with Crippen molar-refractivity contribution in [1.82, 2.24) is 9.97 Å². The molecule has 74 valence electrons. The predicted molar refractivity (Wildman–Crippen MR) is 61.1 cm³/mol. The molecule has 0 saturated heterocycles. The molecule has 3 nitrogen and oxygen atoms in total. The van der Waals surface area contributed by atoms with Crippen LogP contribution in [0.5, 0.6) is 0 Å². The number of nitrogens with one attached hydrogen (secondary N) is 1. The molecular weight excluding hydrogens is 218 g/mol. The Morgan fingerprint density at radius 3 is 3.14 bits per heavy atom. The fraction of sp³-hybridized carbons (Fsp3) is 0.333. The van der Waals surface area contributed by atoms with Gasteiger partial charge in [0.05, 0.1) is 22.5 Å². The standard InChI is InChI=1S/C9H10ClN3S/c1-2-11-9-13-7-5-12-6(4-10)3-8(7)14-9/h3,5H,2,4H2,1H3,(H,11,13). The molecule has 0 aliphatic rings. The van der Waals surface area contributed by atoms with Gasteiger partial charge in [0.25, 0.3) is 0 Å². The zero-order valence-electron chi connectivity index (χ0n) is 7.75. The highest BCUT2D eigenvalue weighted by Gasteiger charge is 2.03. The van der Waals surface area contributed by atoms with Crippen LogP contribution in [-0.4, -0.2) is 16.5 Å². The Labute approximate surface area is 91.1 Å². The van der Waals surface area contributed by atoms with Crippen LogP contribution in [0.25, 0.3) is 10.2 Å². The highest BCUT2D eigenvalue weighted by Crippen LogP contribution is 2.25. The van der Waals surface area contributed by atoms with Crippen molar-refractivity contribution in [1.29, 1.82) is 0 Å². The van der Waals surface area contributed by atoms with E-state index in [1.807, 2.05) is 6.07 Å². The van der Waals surface area contributed by atoms with E-state index in [0.29, 0.717) is 5.88 Å². The first-order valence-corrected chi connectivity index (χ1v) is 5.74. The monoisotopic (exact) mass is 227 g/mol.